The fraction of sp³-hybridized carbons (Fsp3) is 0.158. The zero-order valence-electron chi connectivity index (χ0n) is 15.9. The SMILES string of the molecule is Cc1nc2cc(F)c(F)cc2n1C1=CC(N)=[N+]([O-])C(N)(c2ccc(OC(F)F)cc2)N1. The molecular weight excluding hydrogens is 420 g/mol. The summed E-state index contributed by atoms with van der Waals surface area (Å²) in [5.41, 5.74) is 12.8. The van der Waals surface area contributed by atoms with Crippen LogP contribution in [0.15, 0.2) is 42.5 Å². The summed E-state index contributed by atoms with van der Waals surface area (Å²) in [5.74, 6) is -3.98. The number of nitrogens with two attached hydrogens (primary N) is 2. The van der Waals surface area contributed by atoms with Gasteiger partial charge in [0, 0.05) is 17.7 Å². The molecule has 0 saturated heterocycles. The summed E-state index contributed by atoms with van der Waals surface area (Å²) < 4.78 is 58.2. The lowest BCUT2D eigenvalue weighted by Gasteiger charge is -2.38. The zero-order chi connectivity index (χ0) is 22.5. The molecule has 0 bridgehead atoms. The van der Waals surface area contributed by atoms with E-state index in [0.717, 1.165) is 12.1 Å². The number of nitrogens with zero attached hydrogens (tertiary/aromatic N) is 3. The minimum atomic E-state index is -3.01. The molecule has 1 aliphatic heterocycles. The van der Waals surface area contributed by atoms with Crippen molar-refractivity contribution in [3.8, 4) is 5.75 Å². The number of hydrogen-bond acceptors (Lipinski definition) is 6. The van der Waals surface area contributed by atoms with E-state index in [-0.39, 0.29) is 34.0 Å². The number of rotatable bonds is 4. The van der Waals surface area contributed by atoms with Crippen molar-refractivity contribution in [2.45, 2.75) is 19.3 Å². The molecule has 0 fully saturated rings. The number of amidine groups is 1. The average Bonchev–Trinajstić information content (AvgIpc) is 3.01. The van der Waals surface area contributed by atoms with Gasteiger partial charge in [-0.3, -0.25) is 16.0 Å². The van der Waals surface area contributed by atoms with Gasteiger partial charge >= 0.3 is 6.61 Å². The molecule has 1 atom stereocenters. The number of hydroxylamine groups is 1. The third-order valence-corrected chi connectivity index (χ3v) is 4.78. The van der Waals surface area contributed by atoms with Gasteiger partial charge in [0.15, 0.2) is 11.6 Å². The van der Waals surface area contributed by atoms with Gasteiger partial charge in [-0.2, -0.15) is 8.78 Å². The molecule has 0 radical (unpaired) electrons. The number of alkyl halides is 2. The highest BCUT2D eigenvalue weighted by atomic mass is 19.3. The molecule has 5 N–H and O–H groups in total. The smallest absolute Gasteiger partial charge is 0.387 e. The van der Waals surface area contributed by atoms with Gasteiger partial charge in [0.2, 0.25) is 0 Å². The van der Waals surface area contributed by atoms with Crippen LogP contribution in [-0.2, 0) is 5.79 Å². The Hall–Kier alpha value is -3.80. The van der Waals surface area contributed by atoms with Gasteiger partial charge in [-0.1, -0.05) is 0 Å². The van der Waals surface area contributed by atoms with Crippen LogP contribution in [-0.4, -0.2) is 26.7 Å². The van der Waals surface area contributed by atoms with Crippen LogP contribution in [0, 0.1) is 23.8 Å². The maximum Gasteiger partial charge on any atom is 0.387 e. The van der Waals surface area contributed by atoms with Crippen LogP contribution < -0.4 is 21.5 Å². The molecule has 162 valence electrons. The Kier molecular flexibility index (Phi) is 4.73. The molecule has 0 saturated carbocycles. The Balaban J connectivity index is 1.79. The predicted molar refractivity (Wildman–Crippen MR) is 104 cm³/mol. The third kappa shape index (κ3) is 3.40. The van der Waals surface area contributed by atoms with E-state index in [1.165, 1.54) is 34.9 Å². The maximum absolute atomic E-state index is 13.9. The second-order valence-corrected chi connectivity index (χ2v) is 6.79. The van der Waals surface area contributed by atoms with Crippen LogP contribution in [0.5, 0.6) is 5.75 Å². The molecule has 0 spiro atoms. The monoisotopic (exact) mass is 436 g/mol. The molecule has 2 heterocycles. The van der Waals surface area contributed by atoms with Crippen molar-refractivity contribution in [2.75, 3.05) is 0 Å². The lowest BCUT2D eigenvalue weighted by Crippen LogP contribution is -2.61. The normalized spacial score (nSPS) is 19.0. The van der Waals surface area contributed by atoms with Crippen molar-refractivity contribution in [2.24, 2.45) is 11.5 Å². The van der Waals surface area contributed by atoms with Crippen LogP contribution in [0.3, 0.4) is 0 Å². The zero-order valence-corrected chi connectivity index (χ0v) is 15.9. The summed E-state index contributed by atoms with van der Waals surface area (Å²) in [5, 5.41) is 15.5. The molecule has 31 heavy (non-hydrogen) atoms. The van der Waals surface area contributed by atoms with Crippen LogP contribution in [0.25, 0.3) is 16.9 Å². The third-order valence-electron chi connectivity index (χ3n) is 4.78. The van der Waals surface area contributed by atoms with Crippen molar-refractivity contribution in [3.63, 3.8) is 0 Å². The van der Waals surface area contributed by atoms with E-state index in [1.54, 1.807) is 6.92 Å². The Bertz CT molecular complexity index is 1240. The Morgan fingerprint density at radius 3 is 2.48 bits per heavy atom. The first-order valence-electron chi connectivity index (χ1n) is 8.88. The van der Waals surface area contributed by atoms with E-state index in [2.05, 4.69) is 15.0 Å². The standard InChI is InChI=1S/C19H16F4N6O2/c1-9-26-14-6-12(20)13(21)7-15(14)28(9)17-8-16(24)29(30)19(25,27-17)10-2-4-11(5-3-10)31-18(22)23/h2-8,18,27H,24-25H2,1H3. The van der Waals surface area contributed by atoms with Crippen molar-refractivity contribution in [1.82, 2.24) is 14.9 Å². The molecule has 3 aromatic rings. The minimum Gasteiger partial charge on any atom is -0.712 e. The van der Waals surface area contributed by atoms with Crippen LogP contribution in [0.2, 0.25) is 0 Å². The van der Waals surface area contributed by atoms with Crippen LogP contribution >= 0.6 is 0 Å². The summed E-state index contributed by atoms with van der Waals surface area (Å²) in [7, 11) is 0. The molecule has 1 aromatic heterocycles. The molecule has 1 unspecified atom stereocenters. The number of halogens is 4. The van der Waals surface area contributed by atoms with Crippen molar-refractivity contribution >= 4 is 22.7 Å². The molecule has 1 aliphatic rings. The molecule has 0 aliphatic carbocycles. The topological polar surface area (TPSA) is 117 Å². The van der Waals surface area contributed by atoms with Crippen molar-refractivity contribution < 1.29 is 27.0 Å². The summed E-state index contributed by atoms with van der Waals surface area (Å²) >= 11 is 0. The van der Waals surface area contributed by atoms with Crippen molar-refractivity contribution in [3.05, 3.63) is 70.7 Å². The summed E-state index contributed by atoms with van der Waals surface area (Å²) in [6.07, 6.45) is 1.27. The molecule has 4 rings (SSSR count). The second kappa shape index (κ2) is 7.16. The molecule has 12 heteroatoms. The van der Waals surface area contributed by atoms with Crippen LogP contribution in [0.4, 0.5) is 17.6 Å². The van der Waals surface area contributed by atoms with E-state index >= 15 is 0 Å². The highest BCUT2D eigenvalue weighted by Gasteiger charge is 2.38. The number of fused-ring (bicyclic) bond motifs is 1. The Labute approximate surface area is 172 Å². The van der Waals surface area contributed by atoms with E-state index in [9.17, 15) is 22.8 Å². The number of aryl methyl sites for hydroxylation is 1. The van der Waals surface area contributed by atoms with E-state index in [1.807, 2.05) is 0 Å². The van der Waals surface area contributed by atoms with Gasteiger partial charge in [-0.15, -0.1) is 0 Å². The van der Waals surface area contributed by atoms with E-state index in [0.29, 0.717) is 10.6 Å². The Morgan fingerprint density at radius 2 is 1.84 bits per heavy atom. The lowest BCUT2D eigenvalue weighted by molar-refractivity contribution is -0.567. The molecule has 8 nitrogen and oxygen atoms in total. The van der Waals surface area contributed by atoms with Gasteiger partial charge in [0.25, 0.3) is 11.6 Å². The minimum absolute atomic E-state index is 0.128. The first-order chi connectivity index (χ1) is 14.6. The lowest BCUT2D eigenvalue weighted by atomic mass is 10.1. The van der Waals surface area contributed by atoms with Crippen molar-refractivity contribution in [1.29, 1.82) is 0 Å². The first-order valence-corrected chi connectivity index (χ1v) is 8.88. The summed E-state index contributed by atoms with van der Waals surface area (Å²) in [6, 6.07) is 6.98. The summed E-state index contributed by atoms with van der Waals surface area (Å²) in [4.78, 5) is 4.20. The largest absolute Gasteiger partial charge is 0.712 e. The molecule has 2 aromatic carbocycles. The first kappa shape index (κ1) is 20.5. The van der Waals surface area contributed by atoms with Gasteiger partial charge < -0.3 is 15.3 Å². The Morgan fingerprint density at radius 1 is 1.19 bits per heavy atom. The fourth-order valence-corrected chi connectivity index (χ4v) is 3.38. The number of ether oxygens (including phenoxy) is 1. The second-order valence-electron chi connectivity index (χ2n) is 6.79. The number of hydrogen-bond donors (Lipinski definition) is 3. The summed E-state index contributed by atoms with van der Waals surface area (Å²) in [6.45, 7) is -1.42. The highest BCUT2D eigenvalue weighted by molar-refractivity contribution is 5.94. The van der Waals surface area contributed by atoms with E-state index < -0.39 is 24.0 Å². The predicted octanol–water partition coefficient (Wildman–Crippen LogP) is 2.26. The number of benzene rings is 2. The highest BCUT2D eigenvalue weighted by Crippen LogP contribution is 2.28. The number of aromatic nitrogens is 2. The average molecular weight is 436 g/mol. The van der Waals surface area contributed by atoms with Gasteiger partial charge in [-0.25, -0.2) is 18.5 Å². The van der Waals surface area contributed by atoms with Crippen LogP contribution in [0.1, 0.15) is 11.4 Å². The van der Waals surface area contributed by atoms with Gasteiger partial charge in [0.05, 0.1) is 17.1 Å². The van der Waals surface area contributed by atoms with Gasteiger partial charge in [0.1, 0.15) is 17.4 Å². The fourth-order valence-electron chi connectivity index (χ4n) is 3.38. The molecule has 0 amide bonds. The number of imidazole rings is 1. The van der Waals surface area contributed by atoms with Gasteiger partial charge in [-0.05, 0) is 31.2 Å². The van der Waals surface area contributed by atoms with E-state index in [4.69, 9.17) is 11.5 Å². The quantitative estimate of drug-likeness (QED) is 0.328. The molecular formula is C19H16F4N6O2. The number of nitrogens with one attached hydrogen (secondary N) is 1. The maximum atomic E-state index is 13.9.